The highest BCUT2D eigenvalue weighted by molar-refractivity contribution is 6.00. The highest BCUT2D eigenvalue weighted by Crippen LogP contribution is 2.36. The molecule has 156 valence electrons. The number of nitrogens with one attached hydrogen (secondary N) is 2. The van der Waals surface area contributed by atoms with Crippen LogP contribution >= 0.6 is 0 Å². The van der Waals surface area contributed by atoms with Crippen LogP contribution in [-0.4, -0.2) is 41.4 Å². The molecule has 0 radical (unpaired) electrons. The summed E-state index contributed by atoms with van der Waals surface area (Å²) in [5.41, 5.74) is 1.36. The summed E-state index contributed by atoms with van der Waals surface area (Å²) in [5.74, 6) is -1.06. The van der Waals surface area contributed by atoms with Crippen LogP contribution in [0.2, 0.25) is 0 Å². The number of carbonyl (C=O) groups is 3. The summed E-state index contributed by atoms with van der Waals surface area (Å²) >= 11 is 0. The summed E-state index contributed by atoms with van der Waals surface area (Å²) in [4.78, 5) is 40.1. The van der Waals surface area contributed by atoms with Crippen molar-refractivity contribution in [2.75, 3.05) is 13.1 Å². The number of nitrogens with zero attached hydrogens (tertiary/aromatic N) is 1. The normalized spacial score (nSPS) is 24.0. The fourth-order valence-electron chi connectivity index (χ4n) is 4.86. The Bertz CT molecular complexity index is 931. The Morgan fingerprint density at radius 2 is 1.77 bits per heavy atom. The number of rotatable bonds is 6. The van der Waals surface area contributed by atoms with Crippen molar-refractivity contribution < 1.29 is 14.4 Å². The van der Waals surface area contributed by atoms with E-state index in [0.29, 0.717) is 25.9 Å². The smallest absolute Gasteiger partial charge is 0.321 e. The van der Waals surface area contributed by atoms with Crippen LogP contribution in [0.1, 0.15) is 36.8 Å². The first-order valence-corrected chi connectivity index (χ1v) is 10.5. The van der Waals surface area contributed by atoms with E-state index in [-0.39, 0.29) is 17.7 Å². The highest BCUT2D eigenvalue weighted by Gasteiger charge is 2.55. The summed E-state index contributed by atoms with van der Waals surface area (Å²) < 4.78 is 0. The first kappa shape index (κ1) is 20.1. The quantitative estimate of drug-likeness (QED) is 0.776. The molecule has 0 spiro atoms. The molecule has 2 aromatic rings. The fourth-order valence-corrected chi connectivity index (χ4v) is 4.86. The lowest BCUT2D eigenvalue weighted by Gasteiger charge is -2.38. The van der Waals surface area contributed by atoms with E-state index in [1.54, 1.807) is 4.90 Å². The summed E-state index contributed by atoms with van der Waals surface area (Å²) in [6.07, 6.45) is 2.07. The van der Waals surface area contributed by atoms with Crippen molar-refractivity contribution in [2.45, 2.75) is 37.6 Å². The Balaban J connectivity index is 1.63. The number of urea groups is 1. The molecule has 2 saturated heterocycles. The summed E-state index contributed by atoms with van der Waals surface area (Å²) in [6, 6.07) is 19.3. The van der Waals surface area contributed by atoms with Crippen molar-refractivity contribution in [2.24, 2.45) is 5.92 Å². The second kappa shape index (κ2) is 8.30. The maximum absolute atomic E-state index is 13.7. The van der Waals surface area contributed by atoms with Crippen molar-refractivity contribution in [3.05, 3.63) is 71.8 Å². The van der Waals surface area contributed by atoms with Crippen molar-refractivity contribution in [3.8, 4) is 0 Å². The van der Waals surface area contributed by atoms with E-state index in [1.165, 1.54) is 0 Å². The predicted molar refractivity (Wildman–Crippen MR) is 114 cm³/mol. The Labute approximate surface area is 176 Å². The molecule has 2 aliphatic rings. The van der Waals surface area contributed by atoms with Gasteiger partial charge in [-0.1, -0.05) is 74.0 Å². The molecular formula is C24H27N3O3. The number of fused-ring (bicyclic) bond motifs is 1. The third kappa shape index (κ3) is 3.82. The lowest BCUT2D eigenvalue weighted by atomic mass is 9.81. The topological polar surface area (TPSA) is 78.5 Å². The summed E-state index contributed by atoms with van der Waals surface area (Å²) in [6.45, 7) is 2.71. The van der Waals surface area contributed by atoms with Crippen LogP contribution in [0.15, 0.2) is 60.7 Å². The fraction of sp³-hybridized carbons (Fsp3) is 0.375. The van der Waals surface area contributed by atoms with E-state index in [4.69, 9.17) is 0 Å². The van der Waals surface area contributed by atoms with Gasteiger partial charge in [0, 0.05) is 13.1 Å². The van der Waals surface area contributed by atoms with E-state index >= 15 is 0 Å². The lowest BCUT2D eigenvalue weighted by Crippen LogP contribution is -2.66. The standard InChI is InChI=1S/C24H27N3O3/c1-2-13-24-16-27(15-20(24)21(28)25-23(30)26-24)22(29)19(18-11-7-4-8-12-18)14-17-9-5-3-6-10-17/h3-12,19-20H,2,13-16H2,1H3,(H2,25,26,28,30). The average Bonchev–Trinajstić information content (AvgIpc) is 3.13. The monoisotopic (exact) mass is 405 g/mol. The minimum Gasteiger partial charge on any atom is -0.339 e. The van der Waals surface area contributed by atoms with Crippen LogP contribution in [0.4, 0.5) is 4.79 Å². The van der Waals surface area contributed by atoms with Gasteiger partial charge in [0.05, 0.1) is 17.4 Å². The molecule has 3 unspecified atom stereocenters. The molecule has 0 saturated carbocycles. The van der Waals surface area contributed by atoms with Gasteiger partial charge in [-0.05, 0) is 24.0 Å². The highest BCUT2D eigenvalue weighted by atomic mass is 16.2. The second-order valence-electron chi connectivity index (χ2n) is 8.27. The van der Waals surface area contributed by atoms with Gasteiger partial charge in [-0.25, -0.2) is 4.79 Å². The van der Waals surface area contributed by atoms with Gasteiger partial charge in [0.2, 0.25) is 11.8 Å². The van der Waals surface area contributed by atoms with Crippen LogP contribution in [0.25, 0.3) is 0 Å². The average molecular weight is 405 g/mol. The zero-order valence-corrected chi connectivity index (χ0v) is 17.1. The van der Waals surface area contributed by atoms with E-state index < -0.39 is 17.5 Å². The molecule has 2 aliphatic heterocycles. The molecular weight excluding hydrogens is 378 g/mol. The number of likely N-dealkylation sites (tertiary alicyclic amines) is 1. The van der Waals surface area contributed by atoms with Crippen LogP contribution in [0.5, 0.6) is 0 Å². The zero-order valence-electron chi connectivity index (χ0n) is 17.1. The summed E-state index contributed by atoms with van der Waals surface area (Å²) in [5, 5.41) is 5.34. The van der Waals surface area contributed by atoms with E-state index in [2.05, 4.69) is 10.6 Å². The van der Waals surface area contributed by atoms with Crippen molar-refractivity contribution >= 4 is 17.8 Å². The first-order chi connectivity index (χ1) is 14.5. The van der Waals surface area contributed by atoms with Crippen LogP contribution in [0, 0.1) is 5.92 Å². The molecule has 2 fully saturated rings. The minimum atomic E-state index is -0.683. The minimum absolute atomic E-state index is 0.00280. The molecule has 0 aromatic heterocycles. The maximum atomic E-state index is 13.7. The number of hydrogen-bond acceptors (Lipinski definition) is 3. The van der Waals surface area contributed by atoms with Gasteiger partial charge in [-0.2, -0.15) is 0 Å². The molecule has 2 aromatic carbocycles. The predicted octanol–water partition coefficient (Wildman–Crippen LogP) is 2.85. The number of benzene rings is 2. The third-order valence-corrected chi connectivity index (χ3v) is 6.25. The molecule has 30 heavy (non-hydrogen) atoms. The molecule has 6 nitrogen and oxygen atoms in total. The van der Waals surface area contributed by atoms with Crippen LogP contribution < -0.4 is 10.6 Å². The van der Waals surface area contributed by atoms with Gasteiger partial charge in [0.1, 0.15) is 0 Å². The Kier molecular flexibility index (Phi) is 5.57. The van der Waals surface area contributed by atoms with E-state index in [9.17, 15) is 14.4 Å². The number of imide groups is 1. The molecule has 0 bridgehead atoms. The molecule has 2 heterocycles. The Hall–Kier alpha value is -3.15. The molecule has 2 N–H and O–H groups in total. The summed E-state index contributed by atoms with van der Waals surface area (Å²) in [7, 11) is 0. The van der Waals surface area contributed by atoms with Gasteiger partial charge >= 0.3 is 6.03 Å². The molecule has 4 rings (SSSR count). The SMILES string of the molecule is CCCC12CN(C(=O)C(Cc3ccccc3)c3ccccc3)CC1C(=O)NC(=O)N2. The Morgan fingerprint density at radius 3 is 2.43 bits per heavy atom. The molecule has 6 heteroatoms. The van der Waals surface area contributed by atoms with Crippen LogP contribution in [-0.2, 0) is 16.0 Å². The van der Waals surface area contributed by atoms with Crippen LogP contribution in [0.3, 0.4) is 0 Å². The van der Waals surface area contributed by atoms with Gasteiger partial charge in [-0.15, -0.1) is 0 Å². The van der Waals surface area contributed by atoms with E-state index in [0.717, 1.165) is 17.5 Å². The van der Waals surface area contributed by atoms with Crippen molar-refractivity contribution in [1.82, 2.24) is 15.5 Å². The molecule has 0 aliphatic carbocycles. The third-order valence-electron chi connectivity index (χ3n) is 6.25. The molecule has 4 amide bonds. The second-order valence-corrected chi connectivity index (χ2v) is 8.27. The van der Waals surface area contributed by atoms with Gasteiger partial charge in [0.25, 0.3) is 0 Å². The van der Waals surface area contributed by atoms with Gasteiger partial charge < -0.3 is 10.2 Å². The number of carbonyl (C=O) groups excluding carboxylic acids is 3. The van der Waals surface area contributed by atoms with Gasteiger partial charge in [-0.3, -0.25) is 14.9 Å². The number of hydrogen-bond donors (Lipinski definition) is 2. The largest absolute Gasteiger partial charge is 0.339 e. The van der Waals surface area contributed by atoms with Gasteiger partial charge in [0.15, 0.2) is 0 Å². The number of amides is 4. The van der Waals surface area contributed by atoms with E-state index in [1.807, 2.05) is 67.6 Å². The van der Waals surface area contributed by atoms with Crippen molar-refractivity contribution in [3.63, 3.8) is 0 Å². The first-order valence-electron chi connectivity index (χ1n) is 10.5. The zero-order chi connectivity index (χ0) is 21.1. The van der Waals surface area contributed by atoms with Crippen molar-refractivity contribution in [1.29, 1.82) is 0 Å². The molecule has 3 atom stereocenters. The maximum Gasteiger partial charge on any atom is 0.321 e. The Morgan fingerprint density at radius 1 is 1.10 bits per heavy atom. The lowest BCUT2D eigenvalue weighted by molar-refractivity contribution is -0.132.